The molecule has 2 aliphatic rings. The highest BCUT2D eigenvalue weighted by Gasteiger charge is 2.36. The number of methoxy groups -OCH3 is 1. The van der Waals surface area contributed by atoms with E-state index in [4.69, 9.17) is 4.74 Å². The minimum Gasteiger partial charge on any atom is -0.497 e. The van der Waals surface area contributed by atoms with E-state index in [-0.39, 0.29) is 11.8 Å². The normalized spacial score (nSPS) is 17.1. The molecule has 0 aliphatic carbocycles. The summed E-state index contributed by atoms with van der Waals surface area (Å²) >= 11 is 0. The van der Waals surface area contributed by atoms with Gasteiger partial charge in [-0.3, -0.25) is 9.79 Å². The largest absolute Gasteiger partial charge is 0.497 e. The molecule has 1 saturated heterocycles. The van der Waals surface area contributed by atoms with Gasteiger partial charge in [0.15, 0.2) is 0 Å². The number of fused-ring (bicyclic) bond motifs is 1. The summed E-state index contributed by atoms with van der Waals surface area (Å²) in [5.41, 5.74) is 1.93. The van der Waals surface area contributed by atoms with E-state index in [1.165, 1.54) is 6.07 Å². The van der Waals surface area contributed by atoms with E-state index in [1.807, 2.05) is 12.1 Å². The van der Waals surface area contributed by atoms with Gasteiger partial charge in [0, 0.05) is 18.7 Å². The van der Waals surface area contributed by atoms with Crippen LogP contribution in [0.5, 0.6) is 5.75 Å². The van der Waals surface area contributed by atoms with E-state index in [2.05, 4.69) is 4.99 Å². The molecule has 152 valence electrons. The summed E-state index contributed by atoms with van der Waals surface area (Å²) in [5, 5.41) is 0. The molecule has 2 heterocycles. The highest BCUT2D eigenvalue weighted by atomic mass is 19.4. The second kappa shape index (κ2) is 7.54. The number of halogens is 3. The first kappa shape index (κ1) is 19.5. The Balaban J connectivity index is 1.46. The molecule has 0 saturated carbocycles. The molecular formula is C22H21F3N2O2. The Morgan fingerprint density at radius 1 is 1.14 bits per heavy atom. The molecule has 0 N–H and O–H groups in total. The van der Waals surface area contributed by atoms with Crippen molar-refractivity contribution in [3.05, 3.63) is 64.7 Å². The average molecular weight is 402 g/mol. The Bertz CT molecular complexity index is 961. The lowest BCUT2D eigenvalue weighted by atomic mass is 9.86. The first-order valence-electron chi connectivity index (χ1n) is 9.55. The zero-order valence-corrected chi connectivity index (χ0v) is 16.0. The maximum atomic E-state index is 13.3. The van der Waals surface area contributed by atoms with Crippen LogP contribution in [0.15, 0.2) is 47.5 Å². The number of nitrogens with zero attached hydrogens (tertiary/aromatic N) is 2. The third-order valence-corrected chi connectivity index (χ3v) is 5.67. The third kappa shape index (κ3) is 3.73. The van der Waals surface area contributed by atoms with Crippen molar-refractivity contribution >= 4 is 11.6 Å². The Hall–Kier alpha value is -2.83. The number of benzene rings is 2. The summed E-state index contributed by atoms with van der Waals surface area (Å²) in [6, 6.07) is 11.2. The molecule has 2 aromatic carbocycles. The third-order valence-electron chi connectivity index (χ3n) is 5.67. The lowest BCUT2D eigenvalue weighted by Crippen LogP contribution is -2.41. The Kier molecular flexibility index (Phi) is 5.06. The molecule has 2 aliphatic heterocycles. The van der Waals surface area contributed by atoms with Crippen molar-refractivity contribution in [2.75, 3.05) is 20.2 Å². The predicted octanol–water partition coefficient (Wildman–Crippen LogP) is 4.42. The Labute approximate surface area is 167 Å². The first-order valence-corrected chi connectivity index (χ1v) is 9.55. The number of amides is 1. The van der Waals surface area contributed by atoms with Crippen LogP contribution in [0.2, 0.25) is 0 Å². The van der Waals surface area contributed by atoms with Crippen molar-refractivity contribution in [3.8, 4) is 5.75 Å². The van der Waals surface area contributed by atoms with Crippen LogP contribution in [0.1, 0.15) is 41.0 Å². The number of carbonyl (C=O) groups is 1. The second-order valence-corrected chi connectivity index (χ2v) is 7.34. The fourth-order valence-corrected chi connectivity index (χ4v) is 4.15. The van der Waals surface area contributed by atoms with Gasteiger partial charge in [0.2, 0.25) is 0 Å². The van der Waals surface area contributed by atoms with Crippen molar-refractivity contribution < 1.29 is 22.7 Å². The smallest absolute Gasteiger partial charge is 0.416 e. The molecule has 0 bridgehead atoms. The van der Waals surface area contributed by atoms with Crippen LogP contribution in [0.4, 0.5) is 13.2 Å². The SMILES string of the molecule is COc1ccc2c(c1)CN=C2C(=O)N1CCC(c2ccccc2C(F)(F)F)CC1. The fourth-order valence-electron chi connectivity index (χ4n) is 4.15. The number of ether oxygens (including phenoxy) is 1. The number of aliphatic imine (C=N–C) groups is 1. The zero-order chi connectivity index (χ0) is 20.6. The molecule has 4 nitrogen and oxygen atoms in total. The minimum atomic E-state index is -4.37. The van der Waals surface area contributed by atoms with E-state index in [0.717, 1.165) is 22.9 Å². The number of alkyl halides is 3. The summed E-state index contributed by atoms with van der Waals surface area (Å²) in [6.07, 6.45) is -3.37. The van der Waals surface area contributed by atoms with Crippen molar-refractivity contribution in [2.45, 2.75) is 31.5 Å². The molecule has 0 spiro atoms. The van der Waals surface area contributed by atoms with Crippen LogP contribution in [0.3, 0.4) is 0 Å². The molecule has 29 heavy (non-hydrogen) atoms. The van der Waals surface area contributed by atoms with Gasteiger partial charge in [-0.15, -0.1) is 0 Å². The number of rotatable bonds is 3. The number of carbonyl (C=O) groups excluding carboxylic acids is 1. The fraction of sp³-hybridized carbons (Fsp3) is 0.364. The van der Waals surface area contributed by atoms with Gasteiger partial charge in [0.05, 0.1) is 19.2 Å². The topological polar surface area (TPSA) is 41.9 Å². The van der Waals surface area contributed by atoms with Crippen LogP contribution in [0, 0.1) is 0 Å². The average Bonchev–Trinajstić information content (AvgIpc) is 3.16. The summed E-state index contributed by atoms with van der Waals surface area (Å²) < 4.78 is 45.2. The standard InChI is InChI=1S/C22H21F3N2O2/c1-29-16-6-7-18-15(12-16)13-26-20(18)21(28)27-10-8-14(9-11-27)17-4-2-3-5-19(17)22(23,24)25/h2-7,12,14H,8-11,13H2,1H3. The van der Waals surface area contributed by atoms with Crippen molar-refractivity contribution in [3.63, 3.8) is 0 Å². The molecule has 7 heteroatoms. The van der Waals surface area contributed by atoms with Crippen molar-refractivity contribution in [2.24, 2.45) is 4.99 Å². The molecule has 1 fully saturated rings. The maximum Gasteiger partial charge on any atom is 0.416 e. The van der Waals surface area contributed by atoms with Crippen LogP contribution in [0.25, 0.3) is 0 Å². The molecule has 0 aromatic heterocycles. The van der Waals surface area contributed by atoms with Gasteiger partial charge in [-0.05, 0) is 54.2 Å². The van der Waals surface area contributed by atoms with Gasteiger partial charge >= 0.3 is 6.18 Å². The Morgan fingerprint density at radius 3 is 2.55 bits per heavy atom. The number of hydrogen-bond donors (Lipinski definition) is 0. The monoisotopic (exact) mass is 402 g/mol. The van der Waals surface area contributed by atoms with E-state index in [1.54, 1.807) is 30.2 Å². The van der Waals surface area contributed by atoms with Gasteiger partial charge in [0.25, 0.3) is 5.91 Å². The molecule has 1 amide bonds. The van der Waals surface area contributed by atoms with Crippen LogP contribution in [-0.4, -0.2) is 36.7 Å². The van der Waals surface area contributed by atoms with Crippen LogP contribution >= 0.6 is 0 Å². The maximum absolute atomic E-state index is 13.3. The second-order valence-electron chi connectivity index (χ2n) is 7.34. The van der Waals surface area contributed by atoms with Gasteiger partial charge in [0.1, 0.15) is 11.5 Å². The van der Waals surface area contributed by atoms with Crippen LogP contribution in [-0.2, 0) is 17.5 Å². The lowest BCUT2D eigenvalue weighted by Gasteiger charge is -2.33. The van der Waals surface area contributed by atoms with E-state index in [0.29, 0.717) is 43.8 Å². The summed E-state index contributed by atoms with van der Waals surface area (Å²) in [7, 11) is 1.59. The molecule has 0 atom stereocenters. The first-order chi connectivity index (χ1) is 13.9. The molecule has 2 aromatic rings. The van der Waals surface area contributed by atoms with E-state index >= 15 is 0 Å². The molecule has 4 rings (SSSR count). The quantitative estimate of drug-likeness (QED) is 0.763. The summed E-state index contributed by atoms with van der Waals surface area (Å²) in [6.45, 7) is 1.27. The number of likely N-dealkylation sites (tertiary alicyclic amines) is 1. The van der Waals surface area contributed by atoms with Gasteiger partial charge in [-0.2, -0.15) is 13.2 Å². The van der Waals surface area contributed by atoms with E-state index in [9.17, 15) is 18.0 Å². The minimum absolute atomic E-state index is 0.156. The van der Waals surface area contributed by atoms with Gasteiger partial charge in [-0.25, -0.2) is 0 Å². The molecule has 0 unspecified atom stereocenters. The zero-order valence-electron chi connectivity index (χ0n) is 16.0. The van der Waals surface area contributed by atoms with Crippen molar-refractivity contribution in [1.29, 1.82) is 0 Å². The predicted molar refractivity (Wildman–Crippen MR) is 103 cm³/mol. The highest BCUT2D eigenvalue weighted by Crippen LogP contribution is 2.38. The lowest BCUT2D eigenvalue weighted by molar-refractivity contribution is -0.138. The van der Waals surface area contributed by atoms with Crippen molar-refractivity contribution in [1.82, 2.24) is 4.90 Å². The molecule has 0 radical (unpaired) electrons. The van der Waals surface area contributed by atoms with E-state index < -0.39 is 11.7 Å². The number of hydrogen-bond acceptors (Lipinski definition) is 3. The summed E-state index contributed by atoms with van der Waals surface area (Å²) in [4.78, 5) is 19.1. The van der Waals surface area contributed by atoms with Gasteiger partial charge in [-0.1, -0.05) is 18.2 Å². The Morgan fingerprint density at radius 2 is 1.86 bits per heavy atom. The summed E-state index contributed by atoms with van der Waals surface area (Å²) in [5.74, 6) is 0.354. The molecular weight excluding hydrogens is 381 g/mol. The number of piperidine rings is 1. The van der Waals surface area contributed by atoms with Crippen LogP contribution < -0.4 is 4.74 Å². The van der Waals surface area contributed by atoms with Gasteiger partial charge < -0.3 is 9.64 Å². The highest BCUT2D eigenvalue weighted by molar-refractivity contribution is 6.46.